The number of benzene rings is 2. The van der Waals surface area contributed by atoms with Gasteiger partial charge in [0.2, 0.25) is 0 Å². The van der Waals surface area contributed by atoms with Gasteiger partial charge in [-0.3, -0.25) is 4.79 Å². The molecule has 29 heavy (non-hydrogen) atoms. The van der Waals surface area contributed by atoms with Crippen LogP contribution in [0.4, 0.5) is 5.69 Å². The van der Waals surface area contributed by atoms with Crippen LogP contribution in [-0.2, 0) is 15.6 Å². The van der Waals surface area contributed by atoms with Crippen LogP contribution < -0.4 is 9.64 Å². The number of carbonyl (C=O) groups excluding carboxylic acids is 1. The van der Waals surface area contributed by atoms with Crippen LogP contribution in [0.3, 0.4) is 0 Å². The molecule has 1 aliphatic rings. The molecule has 0 bridgehead atoms. The number of fused-ring (bicyclic) bond motifs is 3. The number of hydrogen-bond acceptors (Lipinski definition) is 5. The standard InChI is InChI=1S/C20H15Cl2NO4S2/c1-23(15-8-12(21)4-6-16(15)27-2)20(24)17-7-11-10-29(25,26)18-9-13(22)3-5-14(18)19(11)28-17/h3-9H,10H2,1-2H3. The van der Waals surface area contributed by atoms with Gasteiger partial charge in [0.25, 0.3) is 5.91 Å². The molecule has 0 saturated carbocycles. The molecule has 3 aromatic rings. The summed E-state index contributed by atoms with van der Waals surface area (Å²) in [7, 11) is -0.379. The minimum atomic E-state index is -3.52. The van der Waals surface area contributed by atoms with E-state index in [1.807, 2.05) is 0 Å². The van der Waals surface area contributed by atoms with Gasteiger partial charge in [-0.05, 0) is 42.0 Å². The van der Waals surface area contributed by atoms with Crippen molar-refractivity contribution in [1.82, 2.24) is 0 Å². The number of hydrogen-bond donors (Lipinski definition) is 0. The van der Waals surface area contributed by atoms with Crippen molar-refractivity contribution in [1.29, 1.82) is 0 Å². The summed E-state index contributed by atoms with van der Waals surface area (Å²) >= 11 is 13.3. The molecule has 0 radical (unpaired) electrons. The number of carbonyl (C=O) groups is 1. The van der Waals surface area contributed by atoms with Gasteiger partial charge in [0.1, 0.15) is 5.75 Å². The van der Waals surface area contributed by atoms with Crippen molar-refractivity contribution in [2.75, 3.05) is 19.1 Å². The lowest BCUT2D eigenvalue weighted by Gasteiger charge is -2.19. The zero-order valence-electron chi connectivity index (χ0n) is 15.4. The van der Waals surface area contributed by atoms with Crippen molar-refractivity contribution in [3.63, 3.8) is 0 Å². The Kier molecular flexibility index (Phi) is 5.11. The van der Waals surface area contributed by atoms with E-state index in [9.17, 15) is 13.2 Å². The van der Waals surface area contributed by atoms with Gasteiger partial charge in [-0.15, -0.1) is 11.3 Å². The Bertz CT molecular complexity index is 1250. The maximum Gasteiger partial charge on any atom is 0.268 e. The second kappa shape index (κ2) is 7.32. The number of amides is 1. The van der Waals surface area contributed by atoms with Gasteiger partial charge in [0, 0.05) is 27.5 Å². The molecular weight excluding hydrogens is 453 g/mol. The van der Waals surface area contributed by atoms with Crippen LogP contribution in [0.5, 0.6) is 5.75 Å². The first-order valence-corrected chi connectivity index (χ1v) is 11.7. The Morgan fingerprint density at radius 1 is 1.10 bits per heavy atom. The van der Waals surface area contributed by atoms with E-state index in [0.717, 1.165) is 4.88 Å². The number of rotatable bonds is 3. The largest absolute Gasteiger partial charge is 0.495 e. The van der Waals surface area contributed by atoms with Gasteiger partial charge >= 0.3 is 0 Å². The molecule has 0 saturated heterocycles. The van der Waals surface area contributed by atoms with Crippen molar-refractivity contribution in [2.24, 2.45) is 0 Å². The van der Waals surface area contributed by atoms with Gasteiger partial charge in [-0.1, -0.05) is 29.3 Å². The fraction of sp³-hybridized carbons (Fsp3) is 0.150. The van der Waals surface area contributed by atoms with E-state index in [-0.39, 0.29) is 16.6 Å². The summed E-state index contributed by atoms with van der Waals surface area (Å²) in [6.45, 7) is 0. The lowest BCUT2D eigenvalue weighted by atomic mass is 10.1. The fourth-order valence-corrected chi connectivity index (χ4v) is 6.65. The lowest BCUT2D eigenvalue weighted by molar-refractivity contribution is 0.0996. The minimum absolute atomic E-state index is 0.163. The Morgan fingerprint density at radius 3 is 2.52 bits per heavy atom. The monoisotopic (exact) mass is 467 g/mol. The summed E-state index contributed by atoms with van der Waals surface area (Å²) in [5.74, 6) is 0.0657. The normalized spacial score (nSPS) is 14.1. The van der Waals surface area contributed by atoms with E-state index >= 15 is 0 Å². The second-order valence-electron chi connectivity index (χ2n) is 6.54. The van der Waals surface area contributed by atoms with Gasteiger partial charge in [-0.25, -0.2) is 8.42 Å². The van der Waals surface area contributed by atoms with Gasteiger partial charge in [0.05, 0.1) is 28.3 Å². The molecule has 9 heteroatoms. The average molecular weight is 468 g/mol. The number of sulfone groups is 1. The molecular formula is C20H15Cl2NO4S2. The fourth-order valence-electron chi connectivity index (χ4n) is 3.29. The number of nitrogens with zero attached hydrogens (tertiary/aromatic N) is 1. The van der Waals surface area contributed by atoms with E-state index in [4.69, 9.17) is 27.9 Å². The van der Waals surface area contributed by atoms with E-state index in [1.54, 1.807) is 43.4 Å². The molecule has 1 aromatic heterocycles. The van der Waals surface area contributed by atoms with E-state index in [0.29, 0.717) is 37.5 Å². The van der Waals surface area contributed by atoms with E-state index in [1.165, 1.54) is 29.4 Å². The predicted molar refractivity (Wildman–Crippen MR) is 116 cm³/mol. The maximum absolute atomic E-state index is 13.1. The third kappa shape index (κ3) is 3.53. The summed E-state index contributed by atoms with van der Waals surface area (Å²) in [6, 6.07) is 11.4. The molecule has 5 nitrogen and oxygen atoms in total. The summed E-state index contributed by atoms with van der Waals surface area (Å²) < 4.78 is 30.7. The topological polar surface area (TPSA) is 63.7 Å². The zero-order chi connectivity index (χ0) is 20.9. The molecule has 1 amide bonds. The Labute approximate surface area is 182 Å². The van der Waals surface area contributed by atoms with Crippen LogP contribution in [0.2, 0.25) is 10.0 Å². The minimum Gasteiger partial charge on any atom is -0.495 e. The summed E-state index contributed by atoms with van der Waals surface area (Å²) in [6.07, 6.45) is 0. The molecule has 0 spiro atoms. The molecule has 0 fully saturated rings. The highest BCUT2D eigenvalue weighted by molar-refractivity contribution is 7.91. The van der Waals surface area contributed by atoms with Crippen LogP contribution >= 0.6 is 34.5 Å². The molecule has 2 heterocycles. The summed E-state index contributed by atoms with van der Waals surface area (Å²) in [4.78, 5) is 16.0. The number of methoxy groups -OCH3 is 1. The molecule has 0 unspecified atom stereocenters. The number of halogens is 2. The van der Waals surface area contributed by atoms with Crippen molar-refractivity contribution in [2.45, 2.75) is 10.6 Å². The first-order chi connectivity index (χ1) is 13.7. The first-order valence-electron chi connectivity index (χ1n) is 8.48. The smallest absolute Gasteiger partial charge is 0.268 e. The maximum atomic E-state index is 13.1. The predicted octanol–water partition coefficient (Wildman–Crippen LogP) is 5.29. The molecule has 4 rings (SSSR count). The summed E-state index contributed by atoms with van der Waals surface area (Å²) in [5, 5.41) is 0.833. The SMILES string of the molecule is COc1ccc(Cl)cc1N(C)C(=O)c1cc2c(s1)-c1ccc(Cl)cc1S(=O)(=O)C2. The average Bonchev–Trinajstić information content (AvgIpc) is 3.10. The number of anilines is 1. The first kappa shape index (κ1) is 20.2. The molecule has 0 atom stereocenters. The molecule has 0 aliphatic carbocycles. The number of thiophene rings is 1. The molecule has 2 aromatic carbocycles. The van der Waals surface area contributed by atoms with Crippen LogP contribution in [0.15, 0.2) is 47.4 Å². The third-order valence-electron chi connectivity index (χ3n) is 4.70. The van der Waals surface area contributed by atoms with Crippen LogP contribution in [0.1, 0.15) is 15.2 Å². The highest BCUT2D eigenvalue weighted by atomic mass is 35.5. The Hall–Kier alpha value is -2.06. The second-order valence-corrected chi connectivity index (χ2v) is 10.4. The van der Waals surface area contributed by atoms with Gasteiger partial charge in [0.15, 0.2) is 9.84 Å². The highest BCUT2D eigenvalue weighted by Gasteiger charge is 2.32. The molecule has 150 valence electrons. The van der Waals surface area contributed by atoms with Crippen molar-refractivity contribution in [3.8, 4) is 16.2 Å². The van der Waals surface area contributed by atoms with Crippen LogP contribution in [-0.4, -0.2) is 28.5 Å². The van der Waals surface area contributed by atoms with Crippen LogP contribution in [0, 0.1) is 0 Å². The van der Waals surface area contributed by atoms with Crippen LogP contribution in [0.25, 0.3) is 10.4 Å². The van der Waals surface area contributed by atoms with E-state index < -0.39 is 9.84 Å². The highest BCUT2D eigenvalue weighted by Crippen LogP contribution is 2.44. The summed E-state index contributed by atoms with van der Waals surface area (Å²) in [5.41, 5.74) is 1.71. The molecule has 1 aliphatic heterocycles. The lowest BCUT2D eigenvalue weighted by Crippen LogP contribution is -2.25. The quantitative estimate of drug-likeness (QED) is 0.524. The van der Waals surface area contributed by atoms with Gasteiger partial charge in [-0.2, -0.15) is 0 Å². The van der Waals surface area contributed by atoms with Gasteiger partial charge < -0.3 is 9.64 Å². The van der Waals surface area contributed by atoms with E-state index in [2.05, 4.69) is 0 Å². The van der Waals surface area contributed by atoms with Crippen molar-refractivity contribution >= 4 is 56.0 Å². The zero-order valence-corrected chi connectivity index (χ0v) is 18.5. The third-order valence-corrected chi connectivity index (χ3v) is 8.06. The molecule has 0 N–H and O–H groups in total. The Morgan fingerprint density at radius 2 is 1.79 bits per heavy atom. The van der Waals surface area contributed by atoms with Crippen molar-refractivity contribution < 1.29 is 17.9 Å². The number of ether oxygens (including phenoxy) is 1. The van der Waals surface area contributed by atoms with Crippen molar-refractivity contribution in [3.05, 3.63) is 63.0 Å². The Balaban J connectivity index is 1.77.